The molecule has 88 valence electrons. The quantitative estimate of drug-likeness (QED) is 0.544. The highest BCUT2D eigenvalue weighted by atomic mass is 16.9. The third-order valence-electron chi connectivity index (χ3n) is 2.40. The third-order valence-corrected chi connectivity index (χ3v) is 2.40. The fraction of sp³-hybridized carbons (Fsp3) is 0.545. The molecule has 1 aliphatic rings. The van der Waals surface area contributed by atoms with Gasteiger partial charge in [-0.15, -0.1) is 10.1 Å². The Morgan fingerprint density at radius 3 is 2.88 bits per heavy atom. The molecule has 1 unspecified atom stereocenters. The van der Waals surface area contributed by atoms with Crippen molar-refractivity contribution in [2.75, 3.05) is 6.61 Å². The molecule has 0 radical (unpaired) electrons. The lowest BCUT2D eigenvalue weighted by Crippen LogP contribution is -2.24. The van der Waals surface area contributed by atoms with Crippen molar-refractivity contribution in [2.24, 2.45) is 16.3 Å². The van der Waals surface area contributed by atoms with Crippen molar-refractivity contribution >= 4 is 6.21 Å². The molecule has 1 rings (SSSR count). The number of nitrogens with zero attached hydrogens (tertiary/aromatic N) is 2. The lowest BCUT2D eigenvalue weighted by atomic mass is 9.92. The van der Waals surface area contributed by atoms with Crippen LogP contribution in [0.4, 0.5) is 0 Å². The summed E-state index contributed by atoms with van der Waals surface area (Å²) in [4.78, 5) is 18.7. The van der Waals surface area contributed by atoms with Gasteiger partial charge in [0, 0.05) is 17.8 Å². The second-order valence-corrected chi connectivity index (χ2v) is 4.40. The van der Waals surface area contributed by atoms with E-state index in [4.69, 9.17) is 0 Å². The second-order valence-electron chi connectivity index (χ2n) is 4.40. The summed E-state index contributed by atoms with van der Waals surface area (Å²) in [5, 5.41) is 9.36. The number of rotatable bonds is 4. The minimum absolute atomic E-state index is 0.0147. The Morgan fingerprint density at radius 1 is 1.62 bits per heavy atom. The molecule has 1 heterocycles. The van der Waals surface area contributed by atoms with Crippen LogP contribution in [0.3, 0.4) is 0 Å². The first-order valence-corrected chi connectivity index (χ1v) is 5.14. The van der Waals surface area contributed by atoms with Gasteiger partial charge in [-0.05, 0) is 18.4 Å². The Balaban J connectivity index is 2.73. The topological polar surface area (TPSA) is 64.7 Å². The third kappa shape index (κ3) is 3.49. The Morgan fingerprint density at radius 2 is 2.31 bits per heavy atom. The molecular weight excluding hydrogens is 208 g/mol. The van der Waals surface area contributed by atoms with Gasteiger partial charge in [-0.1, -0.05) is 26.0 Å². The summed E-state index contributed by atoms with van der Waals surface area (Å²) in [7, 11) is 0. The Kier molecular flexibility index (Phi) is 3.82. The maximum atomic E-state index is 10.1. The molecule has 0 bridgehead atoms. The van der Waals surface area contributed by atoms with Crippen LogP contribution in [0.5, 0.6) is 0 Å². The molecule has 0 aromatic rings. The lowest BCUT2D eigenvalue weighted by molar-refractivity contribution is -0.759. The standard InChI is InChI=1S/C11H16N2O3/c1-9(2)10-4-5-11(3,7-12-6-10)8-16-13(14)15/h4-7,9H,8H2,1-3H3. The van der Waals surface area contributed by atoms with Crippen LogP contribution >= 0.6 is 0 Å². The SMILES string of the molecule is CC(C)C1=CN=CC(C)(CO[N+](=O)[O-])C=C1. The Hall–Kier alpha value is -1.65. The monoisotopic (exact) mass is 224 g/mol. The molecule has 0 fully saturated rings. The molecule has 0 N–H and O–H groups in total. The van der Waals surface area contributed by atoms with E-state index in [1.807, 2.05) is 19.1 Å². The molecule has 0 spiro atoms. The molecule has 16 heavy (non-hydrogen) atoms. The predicted molar refractivity (Wildman–Crippen MR) is 61.6 cm³/mol. The summed E-state index contributed by atoms with van der Waals surface area (Å²) in [6, 6.07) is 0. The Bertz CT molecular complexity index is 358. The van der Waals surface area contributed by atoms with Crippen molar-refractivity contribution in [3.8, 4) is 0 Å². The maximum absolute atomic E-state index is 10.1. The van der Waals surface area contributed by atoms with Crippen LogP contribution in [0.25, 0.3) is 0 Å². The summed E-state index contributed by atoms with van der Waals surface area (Å²) in [5.74, 6) is 0.382. The molecule has 1 atom stereocenters. The number of aliphatic imine (C=N–C) groups is 1. The van der Waals surface area contributed by atoms with Gasteiger partial charge in [0.1, 0.15) is 6.61 Å². The first kappa shape index (κ1) is 12.4. The van der Waals surface area contributed by atoms with Crippen molar-refractivity contribution in [2.45, 2.75) is 20.8 Å². The first-order chi connectivity index (χ1) is 7.43. The molecule has 5 heteroatoms. The zero-order valence-corrected chi connectivity index (χ0v) is 9.71. The summed E-state index contributed by atoms with van der Waals surface area (Å²) >= 11 is 0. The van der Waals surface area contributed by atoms with Gasteiger partial charge in [0.15, 0.2) is 0 Å². The molecule has 0 aliphatic carbocycles. The van der Waals surface area contributed by atoms with Crippen LogP contribution in [-0.2, 0) is 4.84 Å². The summed E-state index contributed by atoms with van der Waals surface area (Å²) in [5.41, 5.74) is 0.571. The van der Waals surface area contributed by atoms with E-state index in [1.165, 1.54) is 0 Å². The van der Waals surface area contributed by atoms with Crippen LogP contribution in [0.15, 0.2) is 28.9 Å². The highest BCUT2D eigenvalue weighted by Crippen LogP contribution is 2.22. The normalized spacial score (nSPS) is 24.1. The van der Waals surface area contributed by atoms with Gasteiger partial charge in [0.25, 0.3) is 5.09 Å². The number of hydrogen-bond acceptors (Lipinski definition) is 4. The smallest absolute Gasteiger partial charge is 0.294 e. The molecule has 0 saturated heterocycles. The van der Waals surface area contributed by atoms with E-state index in [-0.39, 0.29) is 6.61 Å². The van der Waals surface area contributed by atoms with Crippen molar-refractivity contribution in [3.05, 3.63) is 34.0 Å². The summed E-state index contributed by atoms with van der Waals surface area (Å²) in [6.45, 7) is 5.97. The minimum atomic E-state index is -0.783. The second kappa shape index (κ2) is 4.92. The highest BCUT2D eigenvalue weighted by molar-refractivity contribution is 5.70. The average molecular weight is 224 g/mol. The summed E-state index contributed by atoms with van der Waals surface area (Å²) < 4.78 is 0. The van der Waals surface area contributed by atoms with Crippen molar-refractivity contribution in [1.29, 1.82) is 0 Å². The van der Waals surface area contributed by atoms with Crippen LogP contribution in [0, 0.1) is 21.4 Å². The van der Waals surface area contributed by atoms with Gasteiger partial charge in [-0.3, -0.25) is 4.99 Å². The summed E-state index contributed by atoms with van der Waals surface area (Å²) in [6.07, 6.45) is 7.28. The van der Waals surface area contributed by atoms with Crippen molar-refractivity contribution in [1.82, 2.24) is 0 Å². The van der Waals surface area contributed by atoms with Gasteiger partial charge in [-0.25, -0.2) is 0 Å². The Labute approximate surface area is 94.6 Å². The maximum Gasteiger partial charge on any atom is 0.294 e. The number of allylic oxidation sites excluding steroid dienone is 2. The average Bonchev–Trinajstić information content (AvgIpc) is 2.38. The zero-order chi connectivity index (χ0) is 12.2. The molecule has 1 aliphatic heterocycles. The van der Waals surface area contributed by atoms with E-state index in [9.17, 15) is 10.1 Å². The van der Waals surface area contributed by atoms with Gasteiger partial charge in [-0.2, -0.15) is 0 Å². The van der Waals surface area contributed by atoms with Crippen LogP contribution in [0.2, 0.25) is 0 Å². The van der Waals surface area contributed by atoms with Crippen LogP contribution in [-0.4, -0.2) is 17.9 Å². The van der Waals surface area contributed by atoms with Gasteiger partial charge in [0.2, 0.25) is 0 Å². The van der Waals surface area contributed by atoms with E-state index < -0.39 is 10.5 Å². The molecule has 5 nitrogen and oxygen atoms in total. The zero-order valence-electron chi connectivity index (χ0n) is 9.71. The molecule has 0 aromatic carbocycles. The molecule has 0 aromatic heterocycles. The van der Waals surface area contributed by atoms with E-state index in [2.05, 4.69) is 23.7 Å². The lowest BCUT2D eigenvalue weighted by Gasteiger charge is -2.18. The minimum Gasteiger partial charge on any atom is -0.313 e. The fourth-order valence-electron chi connectivity index (χ4n) is 1.28. The fourth-order valence-corrected chi connectivity index (χ4v) is 1.28. The van der Waals surface area contributed by atoms with Crippen molar-refractivity contribution in [3.63, 3.8) is 0 Å². The molecular formula is C11H16N2O3. The van der Waals surface area contributed by atoms with Crippen LogP contribution < -0.4 is 0 Å². The predicted octanol–water partition coefficient (Wildman–Crippen LogP) is 2.38. The number of hydrogen-bond donors (Lipinski definition) is 0. The van der Waals surface area contributed by atoms with Crippen molar-refractivity contribution < 1.29 is 9.92 Å². The van der Waals surface area contributed by atoms with Crippen LogP contribution in [0.1, 0.15) is 20.8 Å². The van der Waals surface area contributed by atoms with Gasteiger partial charge in [0.05, 0.1) is 0 Å². The first-order valence-electron chi connectivity index (χ1n) is 5.14. The molecule has 0 amide bonds. The van der Waals surface area contributed by atoms with E-state index in [1.54, 1.807) is 12.4 Å². The highest BCUT2D eigenvalue weighted by Gasteiger charge is 2.22. The van der Waals surface area contributed by atoms with E-state index >= 15 is 0 Å². The van der Waals surface area contributed by atoms with Gasteiger partial charge < -0.3 is 4.84 Å². The molecule has 0 saturated carbocycles. The largest absolute Gasteiger partial charge is 0.313 e. The van der Waals surface area contributed by atoms with Gasteiger partial charge >= 0.3 is 0 Å². The van der Waals surface area contributed by atoms with E-state index in [0.29, 0.717) is 5.92 Å². The van der Waals surface area contributed by atoms with E-state index in [0.717, 1.165) is 5.57 Å².